The number of carboxylic acid groups (broad SMARTS) is 1. The number of carbonyl (C=O) groups excluding carboxylic acids is 1. The smallest absolute Gasteiger partial charge is 0.328 e. The van der Waals surface area contributed by atoms with Gasteiger partial charge in [-0.25, -0.2) is 9.78 Å². The van der Waals surface area contributed by atoms with Crippen molar-refractivity contribution in [3.8, 4) is 0 Å². The van der Waals surface area contributed by atoms with E-state index in [0.717, 1.165) is 6.08 Å². The Balaban J connectivity index is 2.14. The molecule has 0 aliphatic heterocycles. The van der Waals surface area contributed by atoms with Crippen LogP contribution in [0.15, 0.2) is 41.2 Å². The van der Waals surface area contributed by atoms with Crippen LogP contribution in [0.3, 0.4) is 0 Å². The highest BCUT2D eigenvalue weighted by atomic mass is 35.5. The summed E-state index contributed by atoms with van der Waals surface area (Å²) < 4.78 is 4.82. The fourth-order valence-corrected chi connectivity index (χ4v) is 1.63. The van der Waals surface area contributed by atoms with Gasteiger partial charge in [0.1, 0.15) is 5.82 Å². The number of aromatic nitrogens is 1. The number of halogens is 1. The average Bonchev–Trinajstić information content (AvgIpc) is 2.83. The monoisotopic (exact) mass is 292 g/mol. The van der Waals surface area contributed by atoms with E-state index in [1.807, 2.05) is 0 Å². The van der Waals surface area contributed by atoms with E-state index in [0.29, 0.717) is 5.56 Å². The predicted molar refractivity (Wildman–Crippen MR) is 72.6 cm³/mol. The Morgan fingerprint density at radius 1 is 1.40 bits per heavy atom. The Morgan fingerprint density at radius 2 is 2.20 bits per heavy atom. The van der Waals surface area contributed by atoms with E-state index >= 15 is 0 Å². The molecule has 0 aromatic carbocycles. The lowest BCUT2D eigenvalue weighted by atomic mass is 10.2. The standard InChI is InChI=1S/C13H9ClN2O4/c14-12-9(4-6-20-12)13(19)16-10-7-8(3-5-15-10)1-2-11(17)18/h1-7H,(H,17,18)(H,15,16,19)/b2-1+. The summed E-state index contributed by atoms with van der Waals surface area (Å²) in [6, 6.07) is 4.58. The maximum Gasteiger partial charge on any atom is 0.328 e. The number of pyridine rings is 1. The van der Waals surface area contributed by atoms with E-state index in [-0.39, 0.29) is 16.6 Å². The van der Waals surface area contributed by atoms with Crippen LogP contribution < -0.4 is 5.32 Å². The van der Waals surface area contributed by atoms with Crippen LogP contribution in [0.1, 0.15) is 15.9 Å². The zero-order chi connectivity index (χ0) is 14.5. The molecule has 102 valence electrons. The summed E-state index contributed by atoms with van der Waals surface area (Å²) in [5, 5.41) is 11.1. The van der Waals surface area contributed by atoms with Crippen LogP contribution in [0, 0.1) is 0 Å². The fourth-order valence-electron chi connectivity index (χ4n) is 1.43. The van der Waals surface area contributed by atoms with Gasteiger partial charge in [0.2, 0.25) is 5.22 Å². The van der Waals surface area contributed by atoms with Crippen molar-refractivity contribution in [3.63, 3.8) is 0 Å². The number of nitrogens with one attached hydrogen (secondary N) is 1. The van der Waals surface area contributed by atoms with E-state index in [9.17, 15) is 9.59 Å². The number of anilines is 1. The Morgan fingerprint density at radius 3 is 2.85 bits per heavy atom. The van der Waals surface area contributed by atoms with Crippen LogP contribution >= 0.6 is 11.6 Å². The Kier molecular flexibility index (Phi) is 4.17. The van der Waals surface area contributed by atoms with E-state index in [2.05, 4.69) is 10.3 Å². The maximum atomic E-state index is 11.9. The lowest BCUT2D eigenvalue weighted by Crippen LogP contribution is -2.12. The van der Waals surface area contributed by atoms with Crippen LogP contribution in [-0.2, 0) is 4.79 Å². The molecule has 0 fully saturated rings. The van der Waals surface area contributed by atoms with Crippen LogP contribution in [0.2, 0.25) is 5.22 Å². The van der Waals surface area contributed by atoms with Crippen LogP contribution in [0.5, 0.6) is 0 Å². The van der Waals surface area contributed by atoms with Gasteiger partial charge in [-0.15, -0.1) is 0 Å². The number of aliphatic carboxylic acids is 1. The van der Waals surface area contributed by atoms with Gasteiger partial charge in [-0.05, 0) is 41.4 Å². The molecule has 0 aliphatic carbocycles. The second-order valence-corrected chi connectivity index (χ2v) is 4.05. The summed E-state index contributed by atoms with van der Waals surface area (Å²) in [5.41, 5.74) is 0.788. The van der Waals surface area contributed by atoms with Gasteiger partial charge in [0.05, 0.1) is 11.8 Å². The molecule has 2 aromatic heterocycles. The summed E-state index contributed by atoms with van der Waals surface area (Å²) in [4.78, 5) is 26.3. The molecule has 6 nitrogen and oxygen atoms in total. The molecule has 0 atom stereocenters. The molecule has 20 heavy (non-hydrogen) atoms. The lowest BCUT2D eigenvalue weighted by molar-refractivity contribution is -0.131. The minimum atomic E-state index is -1.06. The third kappa shape index (κ3) is 3.46. The summed E-state index contributed by atoms with van der Waals surface area (Å²) >= 11 is 5.69. The number of carboxylic acids is 1. The Hall–Kier alpha value is -2.60. The van der Waals surface area contributed by atoms with Gasteiger partial charge in [-0.2, -0.15) is 0 Å². The van der Waals surface area contributed by atoms with Crippen molar-refractivity contribution in [2.24, 2.45) is 0 Å². The minimum absolute atomic E-state index is 0.00979. The molecule has 2 aromatic rings. The number of nitrogens with zero attached hydrogens (tertiary/aromatic N) is 1. The first-order chi connectivity index (χ1) is 9.56. The average molecular weight is 293 g/mol. The summed E-state index contributed by atoms with van der Waals surface area (Å²) in [6.45, 7) is 0. The first kappa shape index (κ1) is 13.8. The van der Waals surface area contributed by atoms with Crippen molar-refractivity contribution in [3.05, 3.63) is 53.1 Å². The van der Waals surface area contributed by atoms with Crippen LogP contribution in [0.25, 0.3) is 6.08 Å². The summed E-state index contributed by atoms with van der Waals surface area (Å²) in [6.07, 6.45) is 5.14. The zero-order valence-corrected chi connectivity index (χ0v) is 10.8. The largest absolute Gasteiger partial charge is 0.478 e. The van der Waals surface area contributed by atoms with E-state index in [4.69, 9.17) is 21.1 Å². The Bertz CT molecular complexity index is 679. The normalized spacial score (nSPS) is 10.7. The van der Waals surface area contributed by atoms with Crippen LogP contribution in [-0.4, -0.2) is 22.0 Å². The SMILES string of the molecule is O=C(O)/C=C/c1ccnc(NC(=O)c2ccoc2Cl)c1. The molecule has 2 N–H and O–H groups in total. The van der Waals surface area contributed by atoms with Gasteiger partial charge in [-0.3, -0.25) is 4.79 Å². The van der Waals surface area contributed by atoms with Crippen molar-refractivity contribution in [2.45, 2.75) is 0 Å². The number of amides is 1. The first-order valence-corrected chi connectivity index (χ1v) is 5.85. The van der Waals surface area contributed by atoms with Gasteiger partial charge in [0, 0.05) is 12.3 Å². The van der Waals surface area contributed by atoms with Crippen molar-refractivity contribution in [2.75, 3.05) is 5.32 Å². The van der Waals surface area contributed by atoms with Crippen molar-refractivity contribution in [1.82, 2.24) is 4.98 Å². The second kappa shape index (κ2) is 6.03. The molecule has 2 heterocycles. The van der Waals surface area contributed by atoms with Crippen molar-refractivity contribution >= 4 is 35.4 Å². The molecule has 0 saturated carbocycles. The Labute approximate surface area is 118 Å². The first-order valence-electron chi connectivity index (χ1n) is 5.47. The van der Waals surface area contributed by atoms with Gasteiger partial charge >= 0.3 is 5.97 Å². The quantitative estimate of drug-likeness (QED) is 0.845. The minimum Gasteiger partial charge on any atom is -0.478 e. The van der Waals surface area contributed by atoms with Gasteiger partial charge in [0.15, 0.2) is 0 Å². The highest BCUT2D eigenvalue weighted by Crippen LogP contribution is 2.18. The fraction of sp³-hybridized carbons (Fsp3) is 0. The third-order valence-corrected chi connectivity index (χ3v) is 2.60. The van der Waals surface area contributed by atoms with E-state index in [1.54, 1.807) is 6.07 Å². The van der Waals surface area contributed by atoms with Gasteiger partial charge < -0.3 is 14.8 Å². The topological polar surface area (TPSA) is 92.4 Å². The lowest BCUT2D eigenvalue weighted by Gasteiger charge is -2.03. The van der Waals surface area contributed by atoms with Crippen molar-refractivity contribution in [1.29, 1.82) is 0 Å². The predicted octanol–water partition coefficient (Wildman–Crippen LogP) is 2.68. The second-order valence-electron chi connectivity index (χ2n) is 3.71. The van der Waals surface area contributed by atoms with Gasteiger partial charge in [-0.1, -0.05) is 0 Å². The molecule has 0 unspecified atom stereocenters. The number of hydrogen-bond acceptors (Lipinski definition) is 4. The van der Waals surface area contributed by atoms with E-state index < -0.39 is 11.9 Å². The molecule has 0 bridgehead atoms. The third-order valence-electron chi connectivity index (χ3n) is 2.31. The van der Waals surface area contributed by atoms with Gasteiger partial charge in [0.25, 0.3) is 5.91 Å². The van der Waals surface area contributed by atoms with E-state index in [1.165, 1.54) is 30.7 Å². The molecular weight excluding hydrogens is 284 g/mol. The number of furan rings is 1. The number of rotatable bonds is 4. The molecule has 7 heteroatoms. The summed E-state index contributed by atoms with van der Waals surface area (Å²) in [5.74, 6) is -1.24. The summed E-state index contributed by atoms with van der Waals surface area (Å²) in [7, 11) is 0. The molecule has 2 rings (SSSR count). The maximum absolute atomic E-state index is 11.9. The molecule has 1 amide bonds. The van der Waals surface area contributed by atoms with Crippen LogP contribution in [0.4, 0.5) is 5.82 Å². The zero-order valence-electron chi connectivity index (χ0n) is 10.0. The number of hydrogen-bond donors (Lipinski definition) is 2. The molecule has 0 spiro atoms. The number of carbonyl (C=O) groups is 2. The highest BCUT2D eigenvalue weighted by Gasteiger charge is 2.13. The van der Waals surface area contributed by atoms with Crippen molar-refractivity contribution < 1.29 is 19.1 Å². The molecule has 0 aliphatic rings. The molecule has 0 saturated heterocycles. The molecular formula is C13H9ClN2O4. The highest BCUT2D eigenvalue weighted by molar-refractivity contribution is 6.32. The molecule has 0 radical (unpaired) electrons.